The van der Waals surface area contributed by atoms with Crippen molar-refractivity contribution in [3.05, 3.63) is 155 Å². The predicted molar refractivity (Wildman–Crippen MR) is 184 cm³/mol. The SMILES string of the molecule is CCOC(=O)C1=C(c2ccccc2)N=c2s/c(=C\c3ccc(OCc4ccc([N+](=O)[O-])cc4)c(OC)c3)c(=O)n2[C@H]1c1ccc(OC)cc1. The average molecular weight is 678 g/mol. The van der Waals surface area contributed by atoms with Crippen molar-refractivity contribution >= 4 is 34.8 Å². The van der Waals surface area contributed by atoms with E-state index in [2.05, 4.69) is 0 Å². The monoisotopic (exact) mass is 677 g/mol. The average Bonchev–Trinajstić information content (AvgIpc) is 3.44. The van der Waals surface area contributed by atoms with Gasteiger partial charge < -0.3 is 18.9 Å². The number of benzene rings is 4. The Bertz CT molecular complexity index is 2220. The van der Waals surface area contributed by atoms with Crippen molar-refractivity contribution < 1.29 is 28.7 Å². The number of nitrogens with zero attached hydrogens (tertiary/aromatic N) is 3. The molecule has 6 rings (SSSR count). The number of nitro benzene ring substituents is 1. The highest BCUT2D eigenvalue weighted by Gasteiger charge is 2.35. The third-order valence-corrected chi connectivity index (χ3v) is 8.82. The van der Waals surface area contributed by atoms with Crippen LogP contribution in [0.1, 0.15) is 35.2 Å². The molecule has 0 fully saturated rings. The molecule has 0 aliphatic carbocycles. The number of non-ortho nitro benzene ring substituents is 1. The summed E-state index contributed by atoms with van der Waals surface area (Å²) in [5, 5.41) is 11.0. The van der Waals surface area contributed by atoms with E-state index >= 15 is 0 Å². The van der Waals surface area contributed by atoms with Gasteiger partial charge in [0, 0.05) is 17.7 Å². The molecule has 248 valence electrons. The fraction of sp³-hybridized carbons (Fsp3) is 0.162. The van der Waals surface area contributed by atoms with Crippen LogP contribution in [0.25, 0.3) is 11.8 Å². The Morgan fingerprint density at radius 1 is 0.959 bits per heavy atom. The van der Waals surface area contributed by atoms with Crippen LogP contribution in [0.4, 0.5) is 5.69 Å². The Balaban J connectivity index is 1.43. The number of hydrogen-bond acceptors (Lipinski definition) is 10. The summed E-state index contributed by atoms with van der Waals surface area (Å²) in [6.07, 6.45) is 1.74. The first kappa shape index (κ1) is 32.9. The van der Waals surface area contributed by atoms with Crippen LogP contribution in [0.5, 0.6) is 17.2 Å². The molecule has 49 heavy (non-hydrogen) atoms. The minimum absolute atomic E-state index is 0.000287. The molecule has 0 saturated carbocycles. The molecule has 1 aliphatic heterocycles. The molecular weight excluding hydrogens is 646 g/mol. The van der Waals surface area contributed by atoms with E-state index in [9.17, 15) is 19.7 Å². The number of aromatic nitrogens is 1. The van der Waals surface area contributed by atoms with E-state index in [1.165, 1.54) is 35.1 Å². The van der Waals surface area contributed by atoms with Crippen LogP contribution < -0.4 is 29.1 Å². The first-order valence-electron chi connectivity index (χ1n) is 15.3. The van der Waals surface area contributed by atoms with Crippen LogP contribution in [-0.2, 0) is 16.1 Å². The lowest BCUT2D eigenvalue weighted by atomic mass is 9.93. The number of carbonyl (C=O) groups excluding carboxylic acids is 1. The van der Waals surface area contributed by atoms with Gasteiger partial charge in [0.05, 0.1) is 47.6 Å². The van der Waals surface area contributed by atoms with Gasteiger partial charge in [0.15, 0.2) is 16.3 Å². The maximum Gasteiger partial charge on any atom is 0.338 e. The van der Waals surface area contributed by atoms with Gasteiger partial charge in [0.2, 0.25) is 0 Å². The van der Waals surface area contributed by atoms with E-state index in [0.717, 1.165) is 11.1 Å². The lowest BCUT2D eigenvalue weighted by molar-refractivity contribution is -0.384. The number of methoxy groups -OCH3 is 2. The third kappa shape index (κ3) is 6.85. The van der Waals surface area contributed by atoms with E-state index in [4.69, 9.17) is 23.9 Å². The van der Waals surface area contributed by atoms with E-state index in [1.54, 1.807) is 62.6 Å². The Morgan fingerprint density at radius 2 is 1.69 bits per heavy atom. The molecule has 4 aromatic carbocycles. The Labute approximate surface area is 284 Å². The van der Waals surface area contributed by atoms with Gasteiger partial charge in [-0.15, -0.1) is 0 Å². The van der Waals surface area contributed by atoms with Crippen molar-refractivity contribution in [1.82, 2.24) is 4.57 Å². The molecule has 0 saturated heterocycles. The van der Waals surface area contributed by atoms with Gasteiger partial charge in [0.25, 0.3) is 11.2 Å². The maximum absolute atomic E-state index is 14.2. The van der Waals surface area contributed by atoms with Crippen LogP contribution in [0.3, 0.4) is 0 Å². The minimum Gasteiger partial charge on any atom is -0.497 e. The van der Waals surface area contributed by atoms with Crippen molar-refractivity contribution in [2.45, 2.75) is 19.6 Å². The van der Waals surface area contributed by atoms with Gasteiger partial charge in [-0.1, -0.05) is 59.9 Å². The number of carbonyl (C=O) groups is 1. The second kappa shape index (κ2) is 14.4. The quantitative estimate of drug-likeness (QED) is 0.103. The van der Waals surface area contributed by atoms with E-state index in [-0.39, 0.29) is 30.0 Å². The molecule has 12 heteroatoms. The zero-order valence-corrected chi connectivity index (χ0v) is 27.6. The lowest BCUT2D eigenvalue weighted by Crippen LogP contribution is -2.40. The molecule has 0 N–H and O–H groups in total. The predicted octanol–water partition coefficient (Wildman–Crippen LogP) is 5.44. The molecule has 1 aliphatic rings. The summed E-state index contributed by atoms with van der Waals surface area (Å²) in [6.45, 7) is 2.06. The maximum atomic E-state index is 14.2. The lowest BCUT2D eigenvalue weighted by Gasteiger charge is -2.26. The standard InChI is InChI=1S/C37H31N3O8S/c1-4-47-36(42)32-33(25-8-6-5-7-9-25)38-37-39(34(32)26-13-17-28(45-2)18-14-26)35(41)31(49-37)21-24-12-19-29(30(20-24)46-3)48-22-23-10-15-27(16-11-23)40(43)44/h5-21,34H,4,22H2,1-3H3/b31-21-/t34-/m0/s1. The van der Waals surface area contributed by atoms with Gasteiger partial charge >= 0.3 is 5.97 Å². The molecule has 11 nitrogen and oxygen atoms in total. The molecular formula is C37H31N3O8S. The van der Waals surface area contributed by atoms with Crippen molar-refractivity contribution in [2.24, 2.45) is 4.99 Å². The molecule has 0 radical (unpaired) electrons. The largest absolute Gasteiger partial charge is 0.497 e. The van der Waals surface area contributed by atoms with E-state index in [1.807, 2.05) is 42.5 Å². The van der Waals surface area contributed by atoms with E-state index in [0.29, 0.717) is 43.4 Å². The molecule has 0 amide bonds. The number of thiazole rings is 1. The van der Waals surface area contributed by atoms with Crippen LogP contribution >= 0.6 is 11.3 Å². The molecule has 2 heterocycles. The summed E-state index contributed by atoms with van der Waals surface area (Å²) < 4.78 is 24.4. The Hall–Kier alpha value is -6.01. The summed E-state index contributed by atoms with van der Waals surface area (Å²) in [4.78, 5) is 43.7. The third-order valence-electron chi connectivity index (χ3n) is 7.83. The van der Waals surface area contributed by atoms with Crippen molar-refractivity contribution in [1.29, 1.82) is 0 Å². The molecule has 0 unspecified atom stereocenters. The van der Waals surface area contributed by atoms with E-state index < -0.39 is 16.9 Å². The molecule has 0 bridgehead atoms. The first-order valence-corrected chi connectivity index (χ1v) is 16.1. The summed E-state index contributed by atoms with van der Waals surface area (Å²) in [6, 6.07) is 27.2. The number of nitro groups is 1. The minimum atomic E-state index is -0.816. The normalized spacial score (nSPS) is 14.1. The molecule has 1 atom stereocenters. The van der Waals surface area contributed by atoms with Crippen LogP contribution in [0.2, 0.25) is 0 Å². The van der Waals surface area contributed by atoms with Crippen molar-refractivity contribution in [2.75, 3.05) is 20.8 Å². The molecule has 0 spiro atoms. The van der Waals surface area contributed by atoms with Gasteiger partial charge in [-0.05, 0) is 66.1 Å². The summed E-state index contributed by atoms with van der Waals surface area (Å²) in [5.74, 6) is 0.977. The van der Waals surface area contributed by atoms with Gasteiger partial charge in [-0.2, -0.15) is 0 Å². The fourth-order valence-electron chi connectivity index (χ4n) is 5.46. The van der Waals surface area contributed by atoms with Gasteiger partial charge in [0.1, 0.15) is 12.4 Å². The topological polar surface area (TPSA) is 131 Å². The second-order valence-electron chi connectivity index (χ2n) is 10.8. The highest BCUT2D eigenvalue weighted by atomic mass is 32.1. The second-order valence-corrected chi connectivity index (χ2v) is 11.8. The number of ether oxygens (including phenoxy) is 4. The molecule has 1 aromatic heterocycles. The number of rotatable bonds is 11. The van der Waals surface area contributed by atoms with Crippen molar-refractivity contribution in [3.63, 3.8) is 0 Å². The van der Waals surface area contributed by atoms with Gasteiger partial charge in [-0.25, -0.2) is 9.79 Å². The summed E-state index contributed by atoms with van der Waals surface area (Å²) in [7, 11) is 3.09. The Morgan fingerprint density at radius 3 is 2.35 bits per heavy atom. The summed E-state index contributed by atoms with van der Waals surface area (Å²) in [5.41, 5.74) is 3.21. The molecule has 5 aromatic rings. The highest BCUT2D eigenvalue weighted by Crippen LogP contribution is 2.36. The Kier molecular flexibility index (Phi) is 9.67. The van der Waals surface area contributed by atoms with Crippen LogP contribution in [0, 0.1) is 10.1 Å². The summed E-state index contributed by atoms with van der Waals surface area (Å²) >= 11 is 1.21. The zero-order valence-electron chi connectivity index (χ0n) is 26.8. The number of hydrogen-bond donors (Lipinski definition) is 0. The number of esters is 1. The van der Waals surface area contributed by atoms with Crippen LogP contribution in [-0.4, -0.2) is 36.3 Å². The van der Waals surface area contributed by atoms with Crippen LogP contribution in [0.15, 0.2) is 112 Å². The first-order chi connectivity index (χ1) is 23.8. The van der Waals surface area contributed by atoms with Crippen molar-refractivity contribution in [3.8, 4) is 17.2 Å². The fourth-order valence-corrected chi connectivity index (χ4v) is 6.46. The zero-order chi connectivity index (χ0) is 34.5. The number of fused-ring (bicyclic) bond motifs is 1. The smallest absolute Gasteiger partial charge is 0.338 e. The van der Waals surface area contributed by atoms with Gasteiger partial charge in [-0.3, -0.25) is 19.5 Å². The highest BCUT2D eigenvalue weighted by molar-refractivity contribution is 7.07.